The van der Waals surface area contributed by atoms with Crippen LogP contribution >= 0.6 is 0 Å². The van der Waals surface area contributed by atoms with Crippen molar-refractivity contribution in [2.24, 2.45) is 0 Å². The van der Waals surface area contributed by atoms with E-state index in [0.717, 1.165) is 36.8 Å². The smallest absolute Gasteiger partial charge is 0.303 e. The van der Waals surface area contributed by atoms with Crippen molar-refractivity contribution >= 4 is 10.1 Å². The average molecular weight is 413 g/mol. The summed E-state index contributed by atoms with van der Waals surface area (Å²) >= 11 is 0. The highest BCUT2D eigenvalue weighted by Gasteiger charge is 2.25. The van der Waals surface area contributed by atoms with Crippen LogP contribution in [0.15, 0.2) is 18.2 Å². The van der Waals surface area contributed by atoms with Crippen molar-refractivity contribution < 1.29 is 17.7 Å². The van der Waals surface area contributed by atoms with Gasteiger partial charge in [-0.25, -0.2) is 0 Å². The predicted octanol–water partition coefficient (Wildman–Crippen LogP) is 6.72. The van der Waals surface area contributed by atoms with Gasteiger partial charge in [0.1, 0.15) is 5.75 Å². The van der Waals surface area contributed by atoms with Crippen LogP contribution in [0.5, 0.6) is 5.75 Å². The second kappa shape index (κ2) is 14.0. The average Bonchev–Trinajstić information content (AvgIpc) is 2.65. The van der Waals surface area contributed by atoms with Gasteiger partial charge < -0.3 is 4.74 Å². The Balaban J connectivity index is 2.91. The molecule has 162 valence electrons. The normalized spacial score (nSPS) is 12.9. The molecule has 0 aliphatic heterocycles. The molecule has 0 heterocycles. The van der Waals surface area contributed by atoms with E-state index in [4.69, 9.17) is 4.74 Å². The second-order valence-electron chi connectivity index (χ2n) is 7.70. The number of unbranched alkanes of at least 4 members (excludes halogenated alkanes) is 8. The van der Waals surface area contributed by atoms with Crippen LogP contribution in [0.2, 0.25) is 0 Å². The lowest BCUT2D eigenvalue weighted by Crippen LogP contribution is -2.27. The summed E-state index contributed by atoms with van der Waals surface area (Å²) in [6.45, 7) is 6.13. The Hall–Kier alpha value is -1.07. The van der Waals surface area contributed by atoms with Crippen molar-refractivity contribution in [3.05, 3.63) is 29.3 Å². The summed E-state index contributed by atoms with van der Waals surface area (Å²) in [7, 11) is -4.23. The number of hydrogen-bond acceptors (Lipinski definition) is 3. The summed E-state index contributed by atoms with van der Waals surface area (Å²) in [5, 5.41) is 0. The first-order chi connectivity index (χ1) is 13.4. The Labute approximate surface area is 172 Å². The van der Waals surface area contributed by atoms with Crippen LogP contribution in [-0.2, 0) is 23.0 Å². The SMILES string of the molecule is CCCCCCCc1cccc(CCCCCCC)c1OC(CC)S(=O)(=O)O. The van der Waals surface area contributed by atoms with Gasteiger partial charge in [-0.1, -0.05) is 90.3 Å². The Bertz CT molecular complexity index is 608. The van der Waals surface area contributed by atoms with Gasteiger partial charge in [-0.3, -0.25) is 4.55 Å². The van der Waals surface area contributed by atoms with E-state index in [-0.39, 0.29) is 6.42 Å². The highest BCUT2D eigenvalue weighted by Crippen LogP contribution is 2.30. The lowest BCUT2D eigenvalue weighted by Gasteiger charge is -2.20. The van der Waals surface area contributed by atoms with Crippen LogP contribution in [0, 0.1) is 0 Å². The molecule has 1 aromatic rings. The van der Waals surface area contributed by atoms with Crippen LogP contribution in [0.4, 0.5) is 0 Å². The van der Waals surface area contributed by atoms with Gasteiger partial charge in [-0.2, -0.15) is 8.42 Å². The molecular formula is C23H40O4S. The van der Waals surface area contributed by atoms with E-state index >= 15 is 0 Å². The fourth-order valence-corrected chi connectivity index (χ4v) is 4.15. The molecule has 1 atom stereocenters. The number of benzene rings is 1. The summed E-state index contributed by atoms with van der Waals surface area (Å²) in [5.41, 5.74) is 0.918. The molecule has 0 aromatic heterocycles. The number of ether oxygens (including phenoxy) is 1. The zero-order valence-electron chi connectivity index (χ0n) is 18.1. The number of rotatable bonds is 16. The van der Waals surface area contributed by atoms with Crippen LogP contribution in [0.3, 0.4) is 0 Å². The Morgan fingerprint density at radius 1 is 0.821 bits per heavy atom. The molecule has 5 heteroatoms. The van der Waals surface area contributed by atoms with Gasteiger partial charge in [0.25, 0.3) is 0 Å². The van der Waals surface area contributed by atoms with E-state index in [1.807, 2.05) is 18.2 Å². The molecule has 0 aliphatic rings. The molecule has 0 saturated heterocycles. The molecule has 0 spiro atoms. The monoisotopic (exact) mass is 412 g/mol. The molecule has 1 unspecified atom stereocenters. The van der Waals surface area contributed by atoms with Gasteiger partial charge in [0.15, 0.2) is 0 Å². The van der Waals surface area contributed by atoms with E-state index in [0.29, 0.717) is 5.75 Å². The van der Waals surface area contributed by atoms with E-state index in [2.05, 4.69) is 13.8 Å². The van der Waals surface area contributed by atoms with Gasteiger partial charge in [0.2, 0.25) is 5.44 Å². The minimum atomic E-state index is -4.23. The third-order valence-electron chi connectivity index (χ3n) is 5.19. The van der Waals surface area contributed by atoms with E-state index in [1.54, 1.807) is 6.92 Å². The Morgan fingerprint density at radius 3 is 1.68 bits per heavy atom. The largest absolute Gasteiger partial charge is 0.471 e. The molecule has 0 aliphatic carbocycles. The molecule has 0 bridgehead atoms. The van der Waals surface area contributed by atoms with Crippen molar-refractivity contribution in [3.63, 3.8) is 0 Å². The maximum absolute atomic E-state index is 11.7. The summed E-state index contributed by atoms with van der Waals surface area (Å²) in [4.78, 5) is 0. The zero-order valence-corrected chi connectivity index (χ0v) is 18.9. The van der Waals surface area contributed by atoms with Gasteiger partial charge in [-0.05, 0) is 43.2 Å². The molecule has 1 rings (SSSR count). The van der Waals surface area contributed by atoms with Gasteiger partial charge >= 0.3 is 10.1 Å². The summed E-state index contributed by atoms with van der Waals surface area (Å²) in [5.74, 6) is 0.679. The molecule has 0 fully saturated rings. The molecule has 0 amide bonds. The number of para-hydroxylation sites is 1. The predicted molar refractivity (Wildman–Crippen MR) is 118 cm³/mol. The third kappa shape index (κ3) is 9.42. The first-order valence-corrected chi connectivity index (χ1v) is 12.7. The molecular weight excluding hydrogens is 372 g/mol. The molecule has 1 aromatic carbocycles. The number of aryl methyl sites for hydroxylation is 2. The first kappa shape index (κ1) is 25.0. The summed E-state index contributed by atoms with van der Waals surface area (Å²) in [6, 6.07) is 6.11. The minimum Gasteiger partial charge on any atom is -0.471 e. The van der Waals surface area contributed by atoms with E-state index < -0.39 is 15.6 Å². The topological polar surface area (TPSA) is 63.6 Å². The molecule has 0 saturated carbocycles. The van der Waals surface area contributed by atoms with Crippen molar-refractivity contribution in [2.45, 2.75) is 110 Å². The standard InChI is InChI=1S/C23H40O4S/c1-4-7-9-11-13-16-20-18-15-19-21(17-14-12-10-8-5-2)23(20)27-22(6-3)28(24,25)26/h15,18-19,22H,4-14,16-17H2,1-3H3,(H,24,25,26). The molecule has 1 N–H and O–H groups in total. The lowest BCUT2D eigenvalue weighted by molar-refractivity contribution is 0.248. The molecule has 4 nitrogen and oxygen atoms in total. The highest BCUT2D eigenvalue weighted by molar-refractivity contribution is 7.86. The fraction of sp³-hybridized carbons (Fsp3) is 0.739. The van der Waals surface area contributed by atoms with Crippen molar-refractivity contribution in [3.8, 4) is 5.75 Å². The van der Waals surface area contributed by atoms with Gasteiger partial charge in [-0.15, -0.1) is 0 Å². The highest BCUT2D eigenvalue weighted by atomic mass is 32.2. The van der Waals surface area contributed by atoms with Crippen molar-refractivity contribution in [2.75, 3.05) is 0 Å². The summed E-state index contributed by atoms with van der Waals surface area (Å²) in [6.07, 6.45) is 13.9. The fourth-order valence-electron chi connectivity index (χ4n) is 3.51. The Morgan fingerprint density at radius 2 is 1.29 bits per heavy atom. The van der Waals surface area contributed by atoms with Gasteiger partial charge in [0, 0.05) is 0 Å². The summed E-state index contributed by atoms with van der Waals surface area (Å²) < 4.78 is 38.8. The third-order valence-corrected chi connectivity index (χ3v) is 6.29. The second-order valence-corrected chi connectivity index (χ2v) is 9.26. The van der Waals surface area contributed by atoms with Crippen molar-refractivity contribution in [1.29, 1.82) is 0 Å². The molecule has 0 radical (unpaired) electrons. The maximum Gasteiger partial charge on any atom is 0.303 e. The minimum absolute atomic E-state index is 0.222. The molecule has 28 heavy (non-hydrogen) atoms. The van der Waals surface area contributed by atoms with Crippen LogP contribution in [-0.4, -0.2) is 18.4 Å². The van der Waals surface area contributed by atoms with E-state index in [1.165, 1.54) is 51.4 Å². The Kier molecular flexibility index (Phi) is 12.5. The van der Waals surface area contributed by atoms with E-state index in [9.17, 15) is 13.0 Å². The van der Waals surface area contributed by atoms with Crippen LogP contribution in [0.1, 0.15) is 103 Å². The maximum atomic E-state index is 11.7. The lowest BCUT2D eigenvalue weighted by atomic mass is 9.98. The quantitative estimate of drug-likeness (QED) is 0.242. The first-order valence-electron chi connectivity index (χ1n) is 11.2. The van der Waals surface area contributed by atoms with Crippen LogP contribution < -0.4 is 4.74 Å². The zero-order chi connectivity index (χ0) is 20.8. The number of hydrogen-bond donors (Lipinski definition) is 1. The van der Waals surface area contributed by atoms with Gasteiger partial charge in [0.05, 0.1) is 0 Å². The van der Waals surface area contributed by atoms with Crippen molar-refractivity contribution in [1.82, 2.24) is 0 Å². The van der Waals surface area contributed by atoms with Crippen LogP contribution in [0.25, 0.3) is 0 Å².